The first-order chi connectivity index (χ1) is 7.47. The second kappa shape index (κ2) is 4.71. The highest BCUT2D eigenvalue weighted by atomic mass is 16.3. The Morgan fingerprint density at radius 2 is 2.00 bits per heavy atom. The van der Waals surface area contributed by atoms with Crippen molar-refractivity contribution in [2.75, 3.05) is 24.3 Å². The van der Waals surface area contributed by atoms with E-state index >= 15 is 0 Å². The van der Waals surface area contributed by atoms with Crippen molar-refractivity contribution in [2.24, 2.45) is 0 Å². The summed E-state index contributed by atoms with van der Waals surface area (Å²) in [7, 11) is 0. The van der Waals surface area contributed by atoms with Crippen LogP contribution in [0, 0.1) is 6.92 Å². The molecule has 5 N–H and O–H groups in total. The topological polar surface area (TPSA) is 96.3 Å². The summed E-state index contributed by atoms with van der Waals surface area (Å²) in [5.74, 6) is 0.644. The van der Waals surface area contributed by atoms with Crippen molar-refractivity contribution >= 4 is 11.5 Å². The molecule has 0 spiro atoms. The Bertz CT molecular complexity index is 358. The number of aliphatic hydroxyl groups excluding tert-OH is 2. The number of aliphatic hydroxyl groups is 2. The molecule has 0 bridgehead atoms. The fraction of sp³-hybridized carbons (Fsp3) is 0.700. The maximum Gasteiger partial charge on any atom is 0.148 e. The molecule has 0 atom stereocenters. The molecule has 0 unspecified atom stereocenters. The molecule has 0 aliphatic rings. The van der Waals surface area contributed by atoms with Crippen LogP contribution in [0.3, 0.4) is 0 Å². The third-order valence-electron chi connectivity index (χ3n) is 2.59. The van der Waals surface area contributed by atoms with Crippen LogP contribution in [0.5, 0.6) is 0 Å². The molecule has 6 nitrogen and oxygen atoms in total. The quantitative estimate of drug-likeness (QED) is 0.566. The van der Waals surface area contributed by atoms with E-state index in [0.29, 0.717) is 18.1 Å². The van der Waals surface area contributed by atoms with E-state index in [4.69, 9.17) is 5.73 Å². The number of nitrogens with zero attached hydrogens (tertiary/aromatic N) is 2. The number of nitrogen functional groups attached to an aromatic ring is 1. The largest absolute Gasteiger partial charge is 0.394 e. The van der Waals surface area contributed by atoms with Gasteiger partial charge in [0.15, 0.2) is 0 Å². The molecule has 1 heterocycles. The predicted molar refractivity (Wildman–Crippen MR) is 63.2 cm³/mol. The first-order valence-corrected chi connectivity index (χ1v) is 5.30. The molecule has 92 valence electrons. The fourth-order valence-electron chi connectivity index (χ4n) is 1.37. The zero-order chi connectivity index (χ0) is 12.3. The normalized spacial score (nSPS) is 11.8. The Hall–Kier alpha value is -1.27. The van der Waals surface area contributed by atoms with E-state index in [1.54, 1.807) is 11.6 Å². The molecule has 16 heavy (non-hydrogen) atoms. The van der Waals surface area contributed by atoms with Gasteiger partial charge < -0.3 is 21.3 Å². The number of nitrogens with one attached hydrogen (secondary N) is 1. The van der Waals surface area contributed by atoms with Gasteiger partial charge in [0.2, 0.25) is 0 Å². The summed E-state index contributed by atoms with van der Waals surface area (Å²) < 4.78 is 1.72. The molecule has 0 radical (unpaired) electrons. The van der Waals surface area contributed by atoms with Gasteiger partial charge in [0.25, 0.3) is 0 Å². The van der Waals surface area contributed by atoms with Crippen LogP contribution in [0.2, 0.25) is 0 Å². The summed E-state index contributed by atoms with van der Waals surface area (Å²) in [6.07, 6.45) is 0. The van der Waals surface area contributed by atoms with E-state index in [1.165, 1.54) is 0 Å². The van der Waals surface area contributed by atoms with Crippen molar-refractivity contribution in [3.05, 3.63) is 5.69 Å². The van der Waals surface area contributed by atoms with Crippen LogP contribution in [-0.2, 0) is 6.54 Å². The number of aryl methyl sites for hydroxylation is 2. The van der Waals surface area contributed by atoms with E-state index in [-0.39, 0.29) is 13.2 Å². The summed E-state index contributed by atoms with van der Waals surface area (Å²) >= 11 is 0. The number of hydrogen-bond donors (Lipinski definition) is 4. The molecule has 0 aliphatic heterocycles. The van der Waals surface area contributed by atoms with Crippen LogP contribution in [0.15, 0.2) is 0 Å². The monoisotopic (exact) mass is 228 g/mol. The van der Waals surface area contributed by atoms with Crippen LogP contribution in [0.4, 0.5) is 11.5 Å². The molecular formula is C10H20N4O2. The Labute approximate surface area is 95.1 Å². The lowest BCUT2D eigenvalue weighted by Gasteiger charge is -2.27. The summed E-state index contributed by atoms with van der Waals surface area (Å²) in [6, 6.07) is 0. The standard InChI is InChI=1S/C10H20N4O2/c1-4-14-9(8(11)7(2)13-14)12-10(3,5-15)6-16/h12,15-16H,4-6,11H2,1-3H3. The summed E-state index contributed by atoms with van der Waals surface area (Å²) in [4.78, 5) is 0. The molecule has 1 aromatic rings. The molecule has 0 aromatic carbocycles. The van der Waals surface area contributed by atoms with Crippen molar-refractivity contribution in [2.45, 2.75) is 32.9 Å². The van der Waals surface area contributed by atoms with Gasteiger partial charge in [-0.1, -0.05) is 0 Å². The molecular weight excluding hydrogens is 208 g/mol. The Kier molecular flexibility index (Phi) is 3.77. The van der Waals surface area contributed by atoms with Gasteiger partial charge in [-0.05, 0) is 20.8 Å². The van der Waals surface area contributed by atoms with Crippen LogP contribution >= 0.6 is 0 Å². The van der Waals surface area contributed by atoms with Gasteiger partial charge >= 0.3 is 0 Å². The molecule has 6 heteroatoms. The van der Waals surface area contributed by atoms with E-state index in [1.807, 2.05) is 13.8 Å². The van der Waals surface area contributed by atoms with E-state index in [0.717, 1.165) is 5.69 Å². The van der Waals surface area contributed by atoms with E-state index in [9.17, 15) is 10.2 Å². The van der Waals surface area contributed by atoms with Gasteiger partial charge in [-0.3, -0.25) is 0 Å². The molecule has 0 amide bonds. The Balaban J connectivity index is 3.04. The van der Waals surface area contributed by atoms with Gasteiger partial charge in [-0.25, -0.2) is 4.68 Å². The number of aromatic nitrogens is 2. The van der Waals surface area contributed by atoms with Crippen molar-refractivity contribution in [3.63, 3.8) is 0 Å². The van der Waals surface area contributed by atoms with Gasteiger partial charge in [0.05, 0.1) is 30.1 Å². The predicted octanol–water partition coefficient (Wildman–Crippen LogP) is -0.0512. The van der Waals surface area contributed by atoms with Gasteiger partial charge in [0, 0.05) is 6.54 Å². The third kappa shape index (κ3) is 2.28. The second-order valence-electron chi connectivity index (χ2n) is 4.17. The molecule has 0 aliphatic carbocycles. The minimum atomic E-state index is -0.798. The average molecular weight is 228 g/mol. The molecule has 1 rings (SSSR count). The molecule has 0 fully saturated rings. The van der Waals surface area contributed by atoms with Gasteiger partial charge in [-0.15, -0.1) is 0 Å². The zero-order valence-electron chi connectivity index (χ0n) is 9.99. The lowest BCUT2D eigenvalue weighted by atomic mass is 10.1. The van der Waals surface area contributed by atoms with E-state index < -0.39 is 5.54 Å². The van der Waals surface area contributed by atoms with Crippen LogP contribution in [0.1, 0.15) is 19.5 Å². The number of nitrogens with two attached hydrogens (primary N) is 1. The highest BCUT2D eigenvalue weighted by Crippen LogP contribution is 2.25. The maximum atomic E-state index is 9.21. The zero-order valence-corrected chi connectivity index (χ0v) is 9.99. The van der Waals surface area contributed by atoms with Crippen molar-refractivity contribution < 1.29 is 10.2 Å². The maximum absolute atomic E-state index is 9.21. The highest BCUT2D eigenvalue weighted by molar-refractivity contribution is 5.65. The van der Waals surface area contributed by atoms with Crippen LogP contribution in [-0.4, -0.2) is 38.7 Å². The van der Waals surface area contributed by atoms with Crippen molar-refractivity contribution in [1.29, 1.82) is 0 Å². The first-order valence-electron chi connectivity index (χ1n) is 5.30. The summed E-state index contributed by atoms with van der Waals surface area (Å²) in [5, 5.41) is 25.7. The summed E-state index contributed by atoms with van der Waals surface area (Å²) in [6.45, 7) is 5.80. The van der Waals surface area contributed by atoms with Crippen molar-refractivity contribution in [1.82, 2.24) is 9.78 Å². The Morgan fingerprint density at radius 3 is 2.44 bits per heavy atom. The average Bonchev–Trinajstić information content (AvgIpc) is 2.56. The lowest BCUT2D eigenvalue weighted by Crippen LogP contribution is -2.43. The van der Waals surface area contributed by atoms with Crippen LogP contribution in [0.25, 0.3) is 0 Å². The Morgan fingerprint density at radius 1 is 1.44 bits per heavy atom. The first kappa shape index (κ1) is 12.8. The lowest BCUT2D eigenvalue weighted by molar-refractivity contribution is 0.147. The van der Waals surface area contributed by atoms with Crippen LogP contribution < -0.4 is 11.1 Å². The smallest absolute Gasteiger partial charge is 0.148 e. The third-order valence-corrected chi connectivity index (χ3v) is 2.59. The minimum Gasteiger partial charge on any atom is -0.394 e. The summed E-state index contributed by atoms with van der Waals surface area (Å²) in [5.41, 5.74) is 6.38. The SMILES string of the molecule is CCn1nc(C)c(N)c1NC(C)(CO)CO. The number of rotatable bonds is 5. The van der Waals surface area contributed by atoms with Gasteiger partial charge in [-0.2, -0.15) is 5.10 Å². The van der Waals surface area contributed by atoms with Crippen molar-refractivity contribution in [3.8, 4) is 0 Å². The molecule has 0 saturated carbocycles. The highest BCUT2D eigenvalue weighted by Gasteiger charge is 2.25. The number of hydrogen-bond acceptors (Lipinski definition) is 5. The minimum absolute atomic E-state index is 0.184. The second-order valence-corrected chi connectivity index (χ2v) is 4.17. The molecule has 0 saturated heterocycles. The van der Waals surface area contributed by atoms with E-state index in [2.05, 4.69) is 10.4 Å². The number of anilines is 2. The van der Waals surface area contributed by atoms with Gasteiger partial charge in [0.1, 0.15) is 5.82 Å². The fourth-order valence-corrected chi connectivity index (χ4v) is 1.37. The molecule has 1 aromatic heterocycles.